The molecule has 1 aliphatic heterocycles. The van der Waals surface area contributed by atoms with E-state index in [0.29, 0.717) is 6.42 Å². The van der Waals surface area contributed by atoms with Crippen molar-refractivity contribution in [3.63, 3.8) is 0 Å². The molecule has 12 heavy (non-hydrogen) atoms. The van der Waals surface area contributed by atoms with Gasteiger partial charge in [0.2, 0.25) is 0 Å². The van der Waals surface area contributed by atoms with Gasteiger partial charge in [0.1, 0.15) is 0 Å². The lowest BCUT2D eigenvalue weighted by Gasteiger charge is -2.12. The Morgan fingerprint density at radius 2 is 2.00 bits per heavy atom. The van der Waals surface area contributed by atoms with Crippen LogP contribution >= 0.6 is 7.37 Å². The van der Waals surface area contributed by atoms with Gasteiger partial charge in [0, 0.05) is 13.3 Å². The van der Waals surface area contributed by atoms with E-state index in [1.54, 1.807) is 0 Å². The van der Waals surface area contributed by atoms with Crippen LogP contribution in [-0.4, -0.2) is 39.4 Å². The molecular weight excluding hydrogens is 199 g/mol. The van der Waals surface area contributed by atoms with E-state index < -0.39 is 17.2 Å². The summed E-state index contributed by atoms with van der Waals surface area (Å²) in [7, 11) is -5.45. The largest absolute Gasteiger partial charge is 0.324 e. The van der Waals surface area contributed by atoms with E-state index in [1.807, 2.05) is 0 Å². The summed E-state index contributed by atoms with van der Waals surface area (Å²) in [4.78, 5) is 0. The summed E-state index contributed by atoms with van der Waals surface area (Å²) in [6, 6.07) is 0. The van der Waals surface area contributed by atoms with Crippen molar-refractivity contribution in [2.24, 2.45) is 0 Å². The Kier molecular flexibility index (Phi) is 2.66. The van der Waals surface area contributed by atoms with Gasteiger partial charge in [-0.3, -0.25) is 4.57 Å². The Morgan fingerprint density at radius 3 is 2.33 bits per heavy atom. The summed E-state index contributed by atoms with van der Waals surface area (Å²) >= 11 is 0. The minimum absolute atomic E-state index is 0.0265. The van der Waals surface area contributed by atoms with Crippen molar-refractivity contribution >= 4 is 17.2 Å². The monoisotopic (exact) mass is 212 g/mol. The van der Waals surface area contributed by atoms with Crippen molar-refractivity contribution in [2.45, 2.75) is 12.5 Å². The molecular formula is C6H13O4PS. The lowest BCUT2D eigenvalue weighted by atomic mass is 10.3. The van der Waals surface area contributed by atoms with E-state index in [1.165, 1.54) is 13.3 Å². The average Bonchev–Trinajstić information content (AvgIpc) is 2.05. The van der Waals surface area contributed by atoms with E-state index in [2.05, 4.69) is 0 Å². The fourth-order valence-electron chi connectivity index (χ4n) is 1.20. The highest BCUT2D eigenvalue weighted by atomic mass is 32.2. The lowest BCUT2D eigenvalue weighted by Crippen LogP contribution is -2.12. The Bertz CT molecular complexity index is 302. The molecule has 1 fully saturated rings. The van der Waals surface area contributed by atoms with Crippen LogP contribution in [0.25, 0.3) is 0 Å². The predicted molar refractivity (Wildman–Crippen MR) is 47.6 cm³/mol. The standard InChI is InChI=1S/C6H13O4PS/c1-11(2,7)10-6-3-4-12(8,9)5-6/h6H,3-5H2,1-2H3. The SMILES string of the molecule is CP(C)(=O)OC1CCS(=O)(=O)C1. The first kappa shape index (κ1) is 10.2. The third-order valence-electron chi connectivity index (χ3n) is 1.59. The summed E-state index contributed by atoms with van der Waals surface area (Å²) in [5, 5.41) is 0. The minimum Gasteiger partial charge on any atom is -0.324 e. The van der Waals surface area contributed by atoms with Crippen LogP contribution < -0.4 is 0 Å². The van der Waals surface area contributed by atoms with Crippen molar-refractivity contribution in [3.05, 3.63) is 0 Å². The third-order valence-corrected chi connectivity index (χ3v) is 4.14. The van der Waals surface area contributed by atoms with Crippen LogP contribution in [0, 0.1) is 0 Å². The highest BCUT2D eigenvalue weighted by Gasteiger charge is 2.31. The van der Waals surface area contributed by atoms with Gasteiger partial charge in [-0.2, -0.15) is 0 Å². The Balaban J connectivity index is 2.55. The molecule has 0 saturated carbocycles. The van der Waals surface area contributed by atoms with E-state index >= 15 is 0 Å². The molecule has 0 amide bonds. The molecule has 4 nitrogen and oxygen atoms in total. The van der Waals surface area contributed by atoms with Crippen LogP contribution in [0.5, 0.6) is 0 Å². The first-order chi connectivity index (χ1) is 5.29. The molecule has 1 rings (SSSR count). The second-order valence-corrected chi connectivity index (χ2v) is 8.33. The first-order valence-corrected chi connectivity index (χ1v) is 8.06. The summed E-state index contributed by atoms with van der Waals surface area (Å²) in [6.45, 7) is 3.00. The van der Waals surface area contributed by atoms with Crippen LogP contribution in [0.4, 0.5) is 0 Å². The van der Waals surface area contributed by atoms with E-state index in [-0.39, 0.29) is 17.6 Å². The zero-order valence-corrected chi connectivity index (χ0v) is 8.90. The van der Waals surface area contributed by atoms with Gasteiger partial charge in [0.15, 0.2) is 17.2 Å². The van der Waals surface area contributed by atoms with Crippen LogP contribution in [0.3, 0.4) is 0 Å². The van der Waals surface area contributed by atoms with E-state index in [4.69, 9.17) is 4.52 Å². The molecule has 0 aromatic heterocycles. The quantitative estimate of drug-likeness (QED) is 0.633. The van der Waals surface area contributed by atoms with Crippen molar-refractivity contribution in [2.75, 3.05) is 24.8 Å². The summed E-state index contributed by atoms with van der Waals surface area (Å²) < 4.78 is 38.2. The summed E-state index contributed by atoms with van der Waals surface area (Å²) in [5.41, 5.74) is 0. The van der Waals surface area contributed by atoms with Gasteiger partial charge < -0.3 is 4.52 Å². The van der Waals surface area contributed by atoms with Crippen molar-refractivity contribution in [3.8, 4) is 0 Å². The summed E-state index contributed by atoms with van der Waals surface area (Å²) in [5.74, 6) is 0.191. The number of hydrogen-bond donors (Lipinski definition) is 0. The fourth-order valence-corrected chi connectivity index (χ4v) is 3.79. The van der Waals surface area contributed by atoms with Gasteiger partial charge in [-0.25, -0.2) is 8.42 Å². The maximum absolute atomic E-state index is 11.2. The van der Waals surface area contributed by atoms with Gasteiger partial charge in [0.25, 0.3) is 0 Å². The normalized spacial score (nSPS) is 29.0. The fraction of sp³-hybridized carbons (Fsp3) is 1.00. The van der Waals surface area contributed by atoms with Gasteiger partial charge in [-0.05, 0) is 6.42 Å². The van der Waals surface area contributed by atoms with Crippen molar-refractivity contribution < 1.29 is 17.5 Å². The molecule has 6 heteroatoms. The molecule has 0 N–H and O–H groups in total. The molecule has 0 bridgehead atoms. The maximum atomic E-state index is 11.2. The maximum Gasteiger partial charge on any atom is 0.197 e. The summed E-state index contributed by atoms with van der Waals surface area (Å²) in [6.07, 6.45) is 0.129. The Morgan fingerprint density at radius 1 is 1.42 bits per heavy atom. The lowest BCUT2D eigenvalue weighted by molar-refractivity contribution is 0.235. The molecule has 0 aromatic rings. The van der Waals surface area contributed by atoms with Gasteiger partial charge in [0.05, 0.1) is 17.6 Å². The Labute approximate surface area is 72.7 Å². The predicted octanol–water partition coefficient (Wildman–Crippen LogP) is 0.728. The molecule has 72 valence electrons. The van der Waals surface area contributed by atoms with Crippen molar-refractivity contribution in [1.29, 1.82) is 0 Å². The molecule has 0 radical (unpaired) electrons. The number of hydrogen-bond acceptors (Lipinski definition) is 4. The zero-order chi connectivity index (χ0) is 9.41. The van der Waals surface area contributed by atoms with E-state index in [0.717, 1.165) is 0 Å². The van der Waals surface area contributed by atoms with Gasteiger partial charge >= 0.3 is 0 Å². The molecule has 1 aliphatic rings. The van der Waals surface area contributed by atoms with Crippen LogP contribution in [0.15, 0.2) is 0 Å². The second kappa shape index (κ2) is 3.13. The Hall–Kier alpha value is 0.140. The zero-order valence-electron chi connectivity index (χ0n) is 7.19. The van der Waals surface area contributed by atoms with E-state index in [9.17, 15) is 13.0 Å². The van der Waals surface area contributed by atoms with Crippen molar-refractivity contribution in [1.82, 2.24) is 0 Å². The van der Waals surface area contributed by atoms with Crippen LogP contribution in [0.1, 0.15) is 6.42 Å². The van der Waals surface area contributed by atoms with Gasteiger partial charge in [-0.15, -0.1) is 0 Å². The van der Waals surface area contributed by atoms with Gasteiger partial charge in [-0.1, -0.05) is 0 Å². The highest BCUT2D eigenvalue weighted by molar-refractivity contribution is 7.91. The molecule has 1 atom stereocenters. The third kappa shape index (κ3) is 3.25. The smallest absolute Gasteiger partial charge is 0.197 e. The molecule has 1 saturated heterocycles. The number of sulfone groups is 1. The van der Waals surface area contributed by atoms with Crippen LogP contribution in [0.2, 0.25) is 0 Å². The molecule has 1 heterocycles. The molecule has 0 aromatic carbocycles. The average molecular weight is 212 g/mol. The first-order valence-electron chi connectivity index (χ1n) is 3.72. The second-order valence-electron chi connectivity index (χ2n) is 3.38. The molecule has 1 unspecified atom stereocenters. The van der Waals surface area contributed by atoms with Crippen LogP contribution in [-0.2, 0) is 18.9 Å². The number of rotatable bonds is 2. The molecule has 0 spiro atoms. The topological polar surface area (TPSA) is 60.4 Å². The minimum atomic E-state index is -2.91. The highest BCUT2D eigenvalue weighted by Crippen LogP contribution is 2.40. The molecule has 0 aliphatic carbocycles.